The topological polar surface area (TPSA) is 77.8 Å². The summed E-state index contributed by atoms with van der Waals surface area (Å²) in [7, 11) is 0. The first-order chi connectivity index (χ1) is 7.26. The highest BCUT2D eigenvalue weighted by atomic mass is 35.5. The van der Waals surface area contributed by atoms with E-state index in [-0.39, 0.29) is 10.6 Å². The van der Waals surface area contributed by atoms with E-state index in [1.165, 1.54) is 18.2 Å². The van der Waals surface area contributed by atoms with Gasteiger partial charge in [0, 0.05) is 15.6 Å². The molecule has 0 saturated carbocycles. The van der Waals surface area contributed by atoms with Crippen LogP contribution in [0.5, 0.6) is 0 Å². The van der Waals surface area contributed by atoms with E-state index in [1.54, 1.807) is 0 Å². The molecular formula is C10H10Cl2O4. The number of carboxylic acid groups (broad SMARTS) is 1. The molecule has 1 rings (SSSR count). The number of aliphatic carboxylic acids is 1. The third kappa shape index (κ3) is 2.47. The molecule has 2 atom stereocenters. The second kappa shape index (κ2) is 4.59. The highest BCUT2D eigenvalue weighted by molar-refractivity contribution is 6.35. The van der Waals surface area contributed by atoms with Crippen molar-refractivity contribution in [3.05, 3.63) is 33.8 Å². The first-order valence-corrected chi connectivity index (χ1v) is 5.11. The number of benzene rings is 1. The minimum Gasteiger partial charge on any atom is -0.479 e. The lowest BCUT2D eigenvalue weighted by Gasteiger charge is -2.25. The quantitative estimate of drug-likeness (QED) is 0.779. The van der Waals surface area contributed by atoms with Crippen molar-refractivity contribution in [1.29, 1.82) is 0 Å². The highest BCUT2D eigenvalue weighted by Gasteiger charge is 2.40. The zero-order chi connectivity index (χ0) is 12.5. The van der Waals surface area contributed by atoms with Crippen LogP contribution < -0.4 is 0 Å². The van der Waals surface area contributed by atoms with Gasteiger partial charge in [-0.2, -0.15) is 0 Å². The van der Waals surface area contributed by atoms with Gasteiger partial charge in [-0.25, -0.2) is 4.79 Å². The number of carboxylic acids is 1. The molecule has 1 aromatic carbocycles. The Kier molecular flexibility index (Phi) is 3.80. The molecule has 0 aliphatic heterocycles. The SMILES string of the molecule is CC(O)(C(=O)O)[C@H](O)c1ccc(Cl)cc1Cl. The normalized spacial score (nSPS) is 16.6. The summed E-state index contributed by atoms with van der Waals surface area (Å²) in [6.45, 7) is 0.991. The van der Waals surface area contributed by atoms with E-state index in [9.17, 15) is 15.0 Å². The van der Waals surface area contributed by atoms with Crippen LogP contribution in [0, 0.1) is 0 Å². The van der Waals surface area contributed by atoms with Crippen molar-refractivity contribution in [2.24, 2.45) is 0 Å². The number of carbonyl (C=O) groups is 1. The average molecular weight is 265 g/mol. The molecular weight excluding hydrogens is 255 g/mol. The van der Waals surface area contributed by atoms with Crippen molar-refractivity contribution in [3.63, 3.8) is 0 Å². The minimum absolute atomic E-state index is 0.0986. The molecule has 16 heavy (non-hydrogen) atoms. The van der Waals surface area contributed by atoms with Crippen LogP contribution in [0.25, 0.3) is 0 Å². The Morgan fingerprint density at radius 3 is 2.44 bits per heavy atom. The maximum Gasteiger partial charge on any atom is 0.338 e. The fourth-order valence-corrected chi connectivity index (χ4v) is 1.65. The molecule has 3 N–H and O–H groups in total. The molecule has 0 amide bonds. The molecule has 0 heterocycles. The number of aliphatic hydroxyl groups excluding tert-OH is 1. The van der Waals surface area contributed by atoms with E-state index in [0.29, 0.717) is 5.02 Å². The minimum atomic E-state index is -2.31. The van der Waals surface area contributed by atoms with Crippen LogP contribution in [0.2, 0.25) is 10.0 Å². The zero-order valence-electron chi connectivity index (χ0n) is 8.32. The van der Waals surface area contributed by atoms with E-state index in [4.69, 9.17) is 28.3 Å². The van der Waals surface area contributed by atoms with Gasteiger partial charge in [0.2, 0.25) is 0 Å². The molecule has 4 nitrogen and oxygen atoms in total. The van der Waals surface area contributed by atoms with Gasteiger partial charge < -0.3 is 15.3 Å². The average Bonchev–Trinajstić information content (AvgIpc) is 2.16. The molecule has 88 valence electrons. The van der Waals surface area contributed by atoms with Gasteiger partial charge in [0.15, 0.2) is 5.60 Å². The van der Waals surface area contributed by atoms with Crippen molar-refractivity contribution in [2.45, 2.75) is 18.6 Å². The maximum atomic E-state index is 10.7. The summed E-state index contributed by atoms with van der Waals surface area (Å²) in [6, 6.07) is 4.18. The predicted molar refractivity (Wildman–Crippen MR) is 59.7 cm³/mol. The van der Waals surface area contributed by atoms with Crippen LogP contribution in [-0.4, -0.2) is 26.9 Å². The molecule has 6 heteroatoms. The first kappa shape index (κ1) is 13.3. The van der Waals surface area contributed by atoms with Gasteiger partial charge in [-0.15, -0.1) is 0 Å². The Morgan fingerprint density at radius 1 is 1.44 bits per heavy atom. The molecule has 0 aliphatic rings. The van der Waals surface area contributed by atoms with Crippen LogP contribution in [0.15, 0.2) is 18.2 Å². The summed E-state index contributed by atoms with van der Waals surface area (Å²) >= 11 is 11.4. The van der Waals surface area contributed by atoms with Crippen LogP contribution in [-0.2, 0) is 4.79 Å². The second-order valence-corrected chi connectivity index (χ2v) is 4.36. The molecule has 0 bridgehead atoms. The van der Waals surface area contributed by atoms with Gasteiger partial charge in [0.25, 0.3) is 0 Å². The number of rotatable bonds is 3. The van der Waals surface area contributed by atoms with Gasteiger partial charge >= 0.3 is 5.97 Å². The summed E-state index contributed by atoms with van der Waals surface area (Å²) in [4.78, 5) is 10.7. The van der Waals surface area contributed by atoms with Gasteiger partial charge in [-0.1, -0.05) is 29.3 Å². The Bertz CT molecular complexity index is 417. The van der Waals surface area contributed by atoms with Gasteiger partial charge in [0.05, 0.1) is 0 Å². The molecule has 0 aromatic heterocycles. The Morgan fingerprint density at radius 2 is 2.00 bits per heavy atom. The maximum absolute atomic E-state index is 10.7. The largest absolute Gasteiger partial charge is 0.479 e. The molecule has 0 fully saturated rings. The van der Waals surface area contributed by atoms with Gasteiger partial charge in [-0.05, 0) is 19.1 Å². The summed E-state index contributed by atoms with van der Waals surface area (Å²) in [5, 5.41) is 28.5. The fraction of sp³-hybridized carbons (Fsp3) is 0.300. The van der Waals surface area contributed by atoms with E-state index in [2.05, 4.69) is 0 Å². The highest BCUT2D eigenvalue weighted by Crippen LogP contribution is 2.32. The monoisotopic (exact) mass is 264 g/mol. The van der Waals surface area contributed by atoms with Crippen molar-refractivity contribution in [3.8, 4) is 0 Å². The van der Waals surface area contributed by atoms with Crippen LogP contribution in [0.4, 0.5) is 0 Å². The summed E-state index contributed by atoms with van der Waals surface area (Å²) in [5.74, 6) is -1.54. The van der Waals surface area contributed by atoms with E-state index >= 15 is 0 Å². The van der Waals surface area contributed by atoms with E-state index in [1.807, 2.05) is 0 Å². The summed E-state index contributed by atoms with van der Waals surface area (Å²) in [5.41, 5.74) is -2.20. The molecule has 1 unspecified atom stereocenters. The molecule has 0 aliphatic carbocycles. The van der Waals surface area contributed by atoms with E-state index in [0.717, 1.165) is 6.92 Å². The number of halogens is 2. The Balaban J connectivity index is 3.14. The lowest BCUT2D eigenvalue weighted by Crippen LogP contribution is -2.41. The molecule has 1 aromatic rings. The lowest BCUT2D eigenvalue weighted by atomic mass is 9.93. The van der Waals surface area contributed by atoms with Crippen LogP contribution in [0.1, 0.15) is 18.6 Å². The lowest BCUT2D eigenvalue weighted by molar-refractivity contribution is -0.169. The van der Waals surface area contributed by atoms with Crippen LogP contribution >= 0.6 is 23.2 Å². The zero-order valence-corrected chi connectivity index (χ0v) is 9.83. The number of hydrogen-bond donors (Lipinski definition) is 3. The standard InChI is InChI=1S/C10H10Cl2O4/c1-10(16,9(14)15)8(13)6-3-2-5(11)4-7(6)12/h2-4,8,13,16H,1H3,(H,14,15)/t8-,10?/m1/s1. The first-order valence-electron chi connectivity index (χ1n) is 4.35. The predicted octanol–water partition coefficient (Wildman–Crippen LogP) is 1.86. The van der Waals surface area contributed by atoms with Crippen molar-refractivity contribution in [2.75, 3.05) is 0 Å². The number of hydrogen-bond acceptors (Lipinski definition) is 3. The van der Waals surface area contributed by atoms with Gasteiger partial charge in [0.1, 0.15) is 6.10 Å². The van der Waals surface area contributed by atoms with Crippen molar-refractivity contribution < 1.29 is 20.1 Å². The van der Waals surface area contributed by atoms with Crippen molar-refractivity contribution in [1.82, 2.24) is 0 Å². The fourth-order valence-electron chi connectivity index (χ4n) is 1.14. The molecule has 0 spiro atoms. The van der Waals surface area contributed by atoms with Crippen LogP contribution in [0.3, 0.4) is 0 Å². The molecule has 0 radical (unpaired) electrons. The second-order valence-electron chi connectivity index (χ2n) is 3.52. The van der Waals surface area contributed by atoms with Crippen molar-refractivity contribution >= 4 is 29.2 Å². The Labute approximate surface area is 102 Å². The third-order valence-electron chi connectivity index (χ3n) is 2.22. The summed E-state index contributed by atoms with van der Waals surface area (Å²) in [6.07, 6.45) is -1.63. The smallest absolute Gasteiger partial charge is 0.338 e. The molecule has 0 saturated heterocycles. The van der Waals surface area contributed by atoms with E-state index < -0.39 is 17.7 Å². The summed E-state index contributed by atoms with van der Waals surface area (Å²) < 4.78 is 0. The number of aliphatic hydroxyl groups is 2. The third-order valence-corrected chi connectivity index (χ3v) is 2.78. The Hall–Kier alpha value is -0.810. The van der Waals surface area contributed by atoms with Gasteiger partial charge in [-0.3, -0.25) is 0 Å².